The zero-order valence-electron chi connectivity index (χ0n) is 11.1. The average Bonchev–Trinajstić information content (AvgIpc) is 2.51. The SMILES string of the molecule is Br.O=C(c1cc(Cl)c(O)c(Cl)c1)N1CCOc2cnccc21. The maximum Gasteiger partial charge on any atom is 0.258 e. The lowest BCUT2D eigenvalue weighted by atomic mass is 10.1. The van der Waals surface area contributed by atoms with Gasteiger partial charge in [0.05, 0.1) is 28.5 Å². The van der Waals surface area contributed by atoms with E-state index in [1.54, 1.807) is 23.4 Å². The molecule has 0 aliphatic carbocycles. The topological polar surface area (TPSA) is 62.7 Å². The first-order chi connectivity index (χ1) is 10.1. The van der Waals surface area contributed by atoms with E-state index in [2.05, 4.69) is 4.98 Å². The second-order valence-corrected chi connectivity index (χ2v) is 5.25. The number of ether oxygens (including phenoxy) is 1. The van der Waals surface area contributed by atoms with Crippen molar-refractivity contribution >= 4 is 51.8 Å². The molecule has 0 fully saturated rings. The number of fused-ring (bicyclic) bond motifs is 1. The molecule has 0 saturated heterocycles. The van der Waals surface area contributed by atoms with E-state index in [0.717, 1.165) is 0 Å². The van der Waals surface area contributed by atoms with Crippen LogP contribution in [0, 0.1) is 0 Å². The minimum absolute atomic E-state index is 0. The number of benzene rings is 1. The largest absolute Gasteiger partial charge is 0.505 e. The van der Waals surface area contributed by atoms with Crippen molar-refractivity contribution in [3.05, 3.63) is 46.2 Å². The Balaban J connectivity index is 0.00000176. The lowest BCUT2D eigenvalue weighted by Gasteiger charge is -2.29. The van der Waals surface area contributed by atoms with Crippen molar-refractivity contribution in [2.75, 3.05) is 18.1 Å². The molecule has 1 aliphatic heterocycles. The zero-order valence-corrected chi connectivity index (χ0v) is 14.3. The average molecular weight is 406 g/mol. The molecule has 1 aromatic carbocycles. The third-order valence-corrected chi connectivity index (χ3v) is 3.71. The third kappa shape index (κ3) is 2.99. The van der Waals surface area contributed by atoms with Crippen LogP contribution < -0.4 is 9.64 Å². The molecule has 0 radical (unpaired) electrons. The summed E-state index contributed by atoms with van der Waals surface area (Å²) in [5.74, 6) is 0.0454. The minimum atomic E-state index is -0.269. The summed E-state index contributed by atoms with van der Waals surface area (Å²) in [6.45, 7) is 0.788. The van der Waals surface area contributed by atoms with E-state index in [4.69, 9.17) is 27.9 Å². The first-order valence-electron chi connectivity index (χ1n) is 6.14. The Hall–Kier alpha value is -1.50. The molecular formula is C14H11BrCl2N2O3. The van der Waals surface area contributed by atoms with Crippen molar-refractivity contribution in [3.8, 4) is 11.5 Å². The second-order valence-electron chi connectivity index (χ2n) is 4.44. The summed E-state index contributed by atoms with van der Waals surface area (Å²) in [6.07, 6.45) is 3.15. The Labute approximate surface area is 147 Å². The maximum absolute atomic E-state index is 12.6. The molecule has 1 N–H and O–H groups in total. The molecule has 22 heavy (non-hydrogen) atoms. The fourth-order valence-electron chi connectivity index (χ4n) is 2.13. The van der Waals surface area contributed by atoms with Gasteiger partial charge in [-0.1, -0.05) is 23.2 Å². The minimum Gasteiger partial charge on any atom is -0.505 e. The number of carbonyl (C=O) groups is 1. The predicted octanol–water partition coefficient (Wildman–Crippen LogP) is 3.71. The van der Waals surface area contributed by atoms with Gasteiger partial charge in [0.15, 0.2) is 11.5 Å². The Kier molecular flexibility index (Phi) is 5.16. The fourth-order valence-corrected chi connectivity index (χ4v) is 2.62. The van der Waals surface area contributed by atoms with E-state index in [1.807, 2.05) is 0 Å². The number of rotatable bonds is 1. The van der Waals surface area contributed by atoms with Crippen molar-refractivity contribution < 1.29 is 14.6 Å². The molecule has 5 nitrogen and oxygen atoms in total. The molecule has 1 aromatic heterocycles. The van der Waals surface area contributed by atoms with E-state index in [1.165, 1.54) is 12.1 Å². The summed E-state index contributed by atoms with van der Waals surface area (Å²) in [4.78, 5) is 18.2. The summed E-state index contributed by atoms with van der Waals surface area (Å²) in [7, 11) is 0. The van der Waals surface area contributed by atoms with Crippen molar-refractivity contribution in [2.24, 2.45) is 0 Å². The van der Waals surface area contributed by atoms with E-state index in [-0.39, 0.29) is 38.7 Å². The maximum atomic E-state index is 12.6. The molecule has 0 bridgehead atoms. The Morgan fingerprint density at radius 3 is 2.68 bits per heavy atom. The number of amides is 1. The second kappa shape index (κ2) is 6.73. The van der Waals surface area contributed by atoms with Gasteiger partial charge in [-0.3, -0.25) is 9.78 Å². The number of pyridine rings is 1. The summed E-state index contributed by atoms with van der Waals surface area (Å²) in [6, 6.07) is 4.48. The van der Waals surface area contributed by atoms with Gasteiger partial charge in [0.1, 0.15) is 6.61 Å². The summed E-state index contributed by atoms with van der Waals surface area (Å²) in [5, 5.41) is 9.64. The van der Waals surface area contributed by atoms with Crippen LogP contribution in [0.15, 0.2) is 30.6 Å². The number of aromatic hydroxyl groups is 1. The van der Waals surface area contributed by atoms with Crippen LogP contribution >= 0.6 is 40.2 Å². The summed E-state index contributed by atoms with van der Waals surface area (Å²) < 4.78 is 5.46. The third-order valence-electron chi connectivity index (χ3n) is 3.13. The normalized spacial score (nSPS) is 12.9. The standard InChI is InChI=1S/C14H10Cl2N2O3.BrH/c15-9-5-8(6-10(16)13(9)19)14(20)18-3-4-21-12-7-17-2-1-11(12)18;/h1-2,5-7,19H,3-4H2;1H. The van der Waals surface area contributed by atoms with E-state index in [0.29, 0.717) is 30.2 Å². The number of anilines is 1. The lowest BCUT2D eigenvalue weighted by molar-refractivity contribution is 0.0976. The van der Waals surface area contributed by atoms with Gasteiger partial charge in [-0.15, -0.1) is 17.0 Å². The van der Waals surface area contributed by atoms with Gasteiger partial charge in [-0.05, 0) is 18.2 Å². The number of nitrogens with zero attached hydrogens (tertiary/aromatic N) is 2. The van der Waals surface area contributed by atoms with Gasteiger partial charge < -0.3 is 14.7 Å². The van der Waals surface area contributed by atoms with Crippen LogP contribution in [-0.2, 0) is 0 Å². The van der Waals surface area contributed by atoms with Crippen LogP contribution in [0.5, 0.6) is 11.5 Å². The molecule has 0 saturated carbocycles. The molecule has 0 spiro atoms. The predicted molar refractivity (Wildman–Crippen MR) is 89.9 cm³/mol. The molecule has 0 atom stereocenters. The molecule has 0 unspecified atom stereocenters. The van der Waals surface area contributed by atoms with Crippen LogP contribution in [0.1, 0.15) is 10.4 Å². The monoisotopic (exact) mass is 404 g/mol. The van der Waals surface area contributed by atoms with Crippen LogP contribution in [0.3, 0.4) is 0 Å². The highest BCUT2D eigenvalue weighted by molar-refractivity contribution is 8.93. The molecule has 8 heteroatoms. The highest BCUT2D eigenvalue weighted by Crippen LogP contribution is 2.35. The molecule has 2 heterocycles. The fraction of sp³-hybridized carbons (Fsp3) is 0.143. The van der Waals surface area contributed by atoms with Crippen molar-refractivity contribution in [1.82, 2.24) is 4.98 Å². The zero-order chi connectivity index (χ0) is 15.0. The van der Waals surface area contributed by atoms with Crippen LogP contribution in [0.4, 0.5) is 5.69 Å². The van der Waals surface area contributed by atoms with Crippen LogP contribution in [-0.4, -0.2) is 29.1 Å². The van der Waals surface area contributed by atoms with Gasteiger partial charge >= 0.3 is 0 Å². The van der Waals surface area contributed by atoms with Gasteiger partial charge in [0, 0.05) is 11.8 Å². The number of phenolic OH excluding ortho intramolecular Hbond substituents is 1. The molecule has 3 rings (SSSR count). The van der Waals surface area contributed by atoms with Crippen molar-refractivity contribution in [3.63, 3.8) is 0 Å². The number of hydrogen-bond acceptors (Lipinski definition) is 4. The number of halogens is 3. The van der Waals surface area contributed by atoms with Crippen LogP contribution in [0.25, 0.3) is 0 Å². The molecule has 2 aromatic rings. The van der Waals surface area contributed by atoms with Gasteiger partial charge in [0.2, 0.25) is 0 Å². The van der Waals surface area contributed by atoms with E-state index in [9.17, 15) is 9.90 Å². The molecular weight excluding hydrogens is 395 g/mol. The number of carbonyl (C=O) groups excluding carboxylic acids is 1. The highest BCUT2D eigenvalue weighted by atomic mass is 79.9. The number of hydrogen-bond donors (Lipinski definition) is 1. The molecule has 1 aliphatic rings. The van der Waals surface area contributed by atoms with Gasteiger partial charge in [0.25, 0.3) is 5.91 Å². The highest BCUT2D eigenvalue weighted by Gasteiger charge is 2.25. The number of aromatic nitrogens is 1. The first-order valence-corrected chi connectivity index (χ1v) is 6.90. The number of phenols is 1. The molecule has 1 amide bonds. The first kappa shape index (κ1) is 16.9. The van der Waals surface area contributed by atoms with E-state index < -0.39 is 0 Å². The lowest BCUT2D eigenvalue weighted by Crippen LogP contribution is -2.38. The molecule has 116 valence electrons. The van der Waals surface area contributed by atoms with Crippen LogP contribution in [0.2, 0.25) is 10.0 Å². The Morgan fingerprint density at radius 1 is 1.32 bits per heavy atom. The Morgan fingerprint density at radius 2 is 2.00 bits per heavy atom. The summed E-state index contributed by atoms with van der Waals surface area (Å²) >= 11 is 11.7. The van der Waals surface area contributed by atoms with Gasteiger partial charge in [-0.2, -0.15) is 0 Å². The van der Waals surface area contributed by atoms with E-state index >= 15 is 0 Å². The summed E-state index contributed by atoms with van der Waals surface area (Å²) in [5.41, 5.74) is 0.939. The van der Waals surface area contributed by atoms with Gasteiger partial charge in [-0.25, -0.2) is 0 Å². The van der Waals surface area contributed by atoms with Crippen molar-refractivity contribution in [2.45, 2.75) is 0 Å². The van der Waals surface area contributed by atoms with Crippen molar-refractivity contribution in [1.29, 1.82) is 0 Å². The smallest absolute Gasteiger partial charge is 0.258 e. The Bertz CT molecular complexity index is 704. The quantitative estimate of drug-likeness (QED) is 0.785.